The SMILES string of the molecule is CC/C=C\C/C=C\C/C=C\C/C=C\C/C=C\C/C=C\CCCCCCCCCCCCC(=O)OCC(COC(=O)CCC/C=C\C/C=C\C/C=C\C/C=C\C/C=C\CC)OC(=O)CCCCCCCCC/C=C\C/C=C\CCCCCC. The van der Waals surface area contributed by atoms with Crippen LogP contribution in [0.15, 0.2) is 158 Å². The first-order valence-corrected chi connectivity index (χ1v) is 33.5. The molecule has 0 spiro atoms. The van der Waals surface area contributed by atoms with Crippen LogP contribution in [-0.4, -0.2) is 37.2 Å². The van der Waals surface area contributed by atoms with Crippen molar-refractivity contribution in [2.75, 3.05) is 13.2 Å². The van der Waals surface area contributed by atoms with E-state index in [4.69, 9.17) is 14.2 Å². The summed E-state index contributed by atoms with van der Waals surface area (Å²) < 4.78 is 16.9. The third kappa shape index (κ3) is 65.8. The summed E-state index contributed by atoms with van der Waals surface area (Å²) in [5.74, 6) is -0.979. The number of allylic oxidation sites excluding steroid dienone is 26. The van der Waals surface area contributed by atoms with Crippen LogP contribution in [0.5, 0.6) is 0 Å². The minimum Gasteiger partial charge on any atom is -0.462 e. The summed E-state index contributed by atoms with van der Waals surface area (Å²) in [5.41, 5.74) is 0. The number of carbonyl (C=O) groups excluding carboxylic acids is 3. The van der Waals surface area contributed by atoms with Crippen LogP contribution in [0, 0.1) is 0 Å². The maximum atomic E-state index is 12.9. The van der Waals surface area contributed by atoms with E-state index in [0.717, 1.165) is 135 Å². The zero-order valence-corrected chi connectivity index (χ0v) is 52.9. The standard InChI is InChI=1S/C76H122O6/c1-4-7-10-13-16-19-22-25-28-31-33-34-35-36-37-38-39-40-41-42-43-46-48-51-54-57-60-63-66-69-75(78)81-72-73(71-80-74(77)68-65-62-59-56-53-50-47-44-30-27-24-21-18-15-12-9-6-3)82-76(79)70-67-64-61-58-55-52-49-45-32-29-26-23-20-17-14-11-8-5-2/h7,9-10,12,16,18-21,23,25,27-30,32-34,36-37,39-40,47,50,56,59,73H,4-6,8,11,13-15,17,22,24,26,31,35,38,41-46,48-49,51-55,57-58,60-72H2,1-3H3/b10-7-,12-9-,19-16-,21-18-,23-20-,28-25-,30-27-,32-29-,34-33-,37-36-,40-39-,50-47-,59-56-. The smallest absolute Gasteiger partial charge is 0.306 e. The highest BCUT2D eigenvalue weighted by Crippen LogP contribution is 2.15. The minimum absolute atomic E-state index is 0.107. The van der Waals surface area contributed by atoms with Gasteiger partial charge >= 0.3 is 17.9 Å². The van der Waals surface area contributed by atoms with E-state index in [1.165, 1.54) is 103 Å². The van der Waals surface area contributed by atoms with E-state index >= 15 is 0 Å². The molecule has 0 bridgehead atoms. The molecule has 0 amide bonds. The van der Waals surface area contributed by atoms with Crippen LogP contribution in [0.2, 0.25) is 0 Å². The number of ether oxygens (including phenoxy) is 3. The van der Waals surface area contributed by atoms with E-state index in [-0.39, 0.29) is 37.5 Å². The van der Waals surface area contributed by atoms with Crippen molar-refractivity contribution in [1.29, 1.82) is 0 Å². The number of carbonyl (C=O) groups is 3. The second-order valence-corrected chi connectivity index (χ2v) is 21.6. The van der Waals surface area contributed by atoms with Crippen molar-refractivity contribution >= 4 is 17.9 Å². The van der Waals surface area contributed by atoms with Gasteiger partial charge in [-0.15, -0.1) is 0 Å². The molecule has 0 N–H and O–H groups in total. The highest BCUT2D eigenvalue weighted by molar-refractivity contribution is 5.71. The average Bonchev–Trinajstić information content (AvgIpc) is 3.47. The Morgan fingerprint density at radius 3 is 0.793 bits per heavy atom. The quantitative estimate of drug-likeness (QED) is 0.0261. The third-order valence-corrected chi connectivity index (χ3v) is 13.7. The van der Waals surface area contributed by atoms with E-state index in [1.807, 2.05) is 0 Å². The van der Waals surface area contributed by atoms with Crippen LogP contribution in [-0.2, 0) is 28.6 Å². The molecule has 1 atom stereocenters. The molecule has 6 heteroatoms. The summed E-state index contributed by atoms with van der Waals surface area (Å²) in [4.78, 5) is 38.4. The van der Waals surface area contributed by atoms with Crippen molar-refractivity contribution < 1.29 is 28.6 Å². The number of unbranched alkanes of at least 4 members (excludes halogenated alkanes) is 22. The molecule has 0 radical (unpaired) electrons. The van der Waals surface area contributed by atoms with E-state index < -0.39 is 6.10 Å². The molecule has 0 heterocycles. The fraction of sp³-hybridized carbons (Fsp3) is 0.618. The van der Waals surface area contributed by atoms with E-state index in [9.17, 15) is 14.4 Å². The maximum absolute atomic E-state index is 12.9. The molecule has 1 unspecified atom stereocenters. The summed E-state index contributed by atoms with van der Waals surface area (Å²) >= 11 is 0. The van der Waals surface area contributed by atoms with Crippen molar-refractivity contribution in [3.05, 3.63) is 158 Å². The second-order valence-electron chi connectivity index (χ2n) is 21.6. The van der Waals surface area contributed by atoms with E-state index in [2.05, 4.69) is 179 Å². The third-order valence-electron chi connectivity index (χ3n) is 13.7. The molecule has 0 aliphatic carbocycles. The Bertz CT molecular complexity index is 1830. The summed E-state index contributed by atoms with van der Waals surface area (Å²) in [6.45, 7) is 6.34. The lowest BCUT2D eigenvalue weighted by molar-refractivity contribution is -0.167. The topological polar surface area (TPSA) is 78.9 Å². The lowest BCUT2D eigenvalue weighted by atomic mass is 10.1. The predicted molar refractivity (Wildman–Crippen MR) is 357 cm³/mol. The first-order chi connectivity index (χ1) is 40.5. The largest absolute Gasteiger partial charge is 0.462 e. The van der Waals surface area contributed by atoms with Crippen LogP contribution < -0.4 is 0 Å². The molecule has 0 rings (SSSR count). The molecule has 0 aromatic rings. The molecule has 0 aromatic heterocycles. The van der Waals surface area contributed by atoms with Gasteiger partial charge in [0.2, 0.25) is 0 Å². The van der Waals surface area contributed by atoms with Gasteiger partial charge in [-0.25, -0.2) is 0 Å². The highest BCUT2D eigenvalue weighted by atomic mass is 16.6. The fourth-order valence-electron chi connectivity index (χ4n) is 8.81. The Labute approximate surface area is 505 Å². The molecule has 0 saturated carbocycles. The first kappa shape index (κ1) is 77.0. The summed E-state index contributed by atoms with van der Waals surface area (Å²) in [7, 11) is 0. The Kier molecular flexibility index (Phi) is 64.4. The Balaban J connectivity index is 4.43. The van der Waals surface area contributed by atoms with Crippen molar-refractivity contribution in [2.45, 2.75) is 290 Å². The van der Waals surface area contributed by atoms with Gasteiger partial charge in [0.25, 0.3) is 0 Å². The maximum Gasteiger partial charge on any atom is 0.306 e. The molecule has 462 valence electrons. The van der Waals surface area contributed by atoms with Gasteiger partial charge in [0.15, 0.2) is 6.10 Å². The molecule has 0 saturated heterocycles. The number of rotatable bonds is 59. The normalized spacial score (nSPS) is 13.2. The van der Waals surface area contributed by atoms with Crippen molar-refractivity contribution in [3.63, 3.8) is 0 Å². The Morgan fingerprint density at radius 2 is 0.488 bits per heavy atom. The lowest BCUT2D eigenvalue weighted by Crippen LogP contribution is -2.30. The van der Waals surface area contributed by atoms with Gasteiger partial charge in [-0.3, -0.25) is 14.4 Å². The summed E-state index contributed by atoms with van der Waals surface area (Å²) in [6, 6.07) is 0. The van der Waals surface area contributed by atoms with Crippen molar-refractivity contribution in [3.8, 4) is 0 Å². The zero-order valence-electron chi connectivity index (χ0n) is 52.9. The molecule has 0 aliphatic heterocycles. The molecule has 0 aromatic carbocycles. The van der Waals surface area contributed by atoms with Gasteiger partial charge in [-0.1, -0.05) is 281 Å². The van der Waals surface area contributed by atoms with E-state index in [1.54, 1.807) is 0 Å². The Hall–Kier alpha value is -4.97. The molecular weight excluding hydrogens is 1010 g/mol. The summed E-state index contributed by atoms with van der Waals surface area (Å²) in [5, 5.41) is 0. The lowest BCUT2D eigenvalue weighted by Gasteiger charge is -2.18. The molecule has 6 nitrogen and oxygen atoms in total. The minimum atomic E-state index is -0.816. The van der Waals surface area contributed by atoms with Crippen LogP contribution in [0.25, 0.3) is 0 Å². The zero-order chi connectivity index (χ0) is 59.2. The van der Waals surface area contributed by atoms with Crippen LogP contribution >= 0.6 is 0 Å². The number of hydrogen-bond donors (Lipinski definition) is 0. The molecule has 82 heavy (non-hydrogen) atoms. The van der Waals surface area contributed by atoms with E-state index in [0.29, 0.717) is 19.3 Å². The van der Waals surface area contributed by atoms with Gasteiger partial charge in [0, 0.05) is 19.3 Å². The van der Waals surface area contributed by atoms with Gasteiger partial charge in [-0.05, 0) is 141 Å². The van der Waals surface area contributed by atoms with Crippen LogP contribution in [0.1, 0.15) is 284 Å². The van der Waals surface area contributed by atoms with Gasteiger partial charge in [-0.2, -0.15) is 0 Å². The average molecular weight is 1130 g/mol. The molecule has 0 fully saturated rings. The molecule has 0 aliphatic rings. The highest BCUT2D eigenvalue weighted by Gasteiger charge is 2.19. The second kappa shape index (κ2) is 68.5. The van der Waals surface area contributed by atoms with Crippen molar-refractivity contribution in [2.24, 2.45) is 0 Å². The van der Waals surface area contributed by atoms with Crippen LogP contribution in [0.3, 0.4) is 0 Å². The Morgan fingerprint density at radius 1 is 0.256 bits per heavy atom. The molecular formula is C76H122O6. The summed E-state index contributed by atoms with van der Waals surface area (Å²) in [6.07, 6.45) is 99.7. The van der Waals surface area contributed by atoms with Gasteiger partial charge < -0.3 is 14.2 Å². The first-order valence-electron chi connectivity index (χ1n) is 33.5. The predicted octanol–water partition coefficient (Wildman–Crippen LogP) is 23.3. The number of hydrogen-bond acceptors (Lipinski definition) is 6. The van der Waals surface area contributed by atoms with Gasteiger partial charge in [0.05, 0.1) is 0 Å². The fourth-order valence-corrected chi connectivity index (χ4v) is 8.81. The van der Waals surface area contributed by atoms with Gasteiger partial charge in [0.1, 0.15) is 13.2 Å². The number of esters is 3. The van der Waals surface area contributed by atoms with Crippen LogP contribution in [0.4, 0.5) is 0 Å². The van der Waals surface area contributed by atoms with Crippen molar-refractivity contribution in [1.82, 2.24) is 0 Å². The monoisotopic (exact) mass is 1130 g/mol.